The lowest BCUT2D eigenvalue weighted by atomic mass is 10.1. The van der Waals surface area contributed by atoms with Gasteiger partial charge >= 0.3 is 0 Å². The Kier molecular flexibility index (Phi) is 5.84. The highest BCUT2D eigenvalue weighted by Gasteiger charge is 2.24. The van der Waals surface area contributed by atoms with Gasteiger partial charge in [0.1, 0.15) is 17.5 Å². The molecule has 1 fully saturated rings. The average Bonchev–Trinajstić information content (AvgIpc) is 2.61. The standard InChI is InChI=1S/C18H21Cl2N5O/c1-3-21-16-11-17(23-12(2)22-16)24-6-8-25(9-7-24)18(26)14-5-4-13(19)10-15(14)20/h4-5,10-11H,3,6-9H2,1-2H3,(H,21,22,23). The number of nitrogens with zero attached hydrogens (tertiary/aromatic N) is 4. The number of amides is 1. The average molecular weight is 394 g/mol. The van der Waals surface area contributed by atoms with Gasteiger partial charge in [0.25, 0.3) is 5.91 Å². The summed E-state index contributed by atoms with van der Waals surface area (Å²) < 4.78 is 0. The van der Waals surface area contributed by atoms with Crippen molar-refractivity contribution in [3.8, 4) is 0 Å². The molecule has 138 valence electrons. The van der Waals surface area contributed by atoms with Gasteiger partial charge in [0.2, 0.25) is 0 Å². The molecule has 0 radical (unpaired) electrons. The summed E-state index contributed by atoms with van der Waals surface area (Å²) in [5, 5.41) is 4.12. The smallest absolute Gasteiger partial charge is 0.255 e. The monoisotopic (exact) mass is 393 g/mol. The van der Waals surface area contributed by atoms with Gasteiger partial charge < -0.3 is 15.1 Å². The summed E-state index contributed by atoms with van der Waals surface area (Å²) in [6, 6.07) is 6.90. The molecular weight excluding hydrogens is 373 g/mol. The Morgan fingerprint density at radius 2 is 1.88 bits per heavy atom. The van der Waals surface area contributed by atoms with Crippen LogP contribution >= 0.6 is 23.2 Å². The molecule has 1 aliphatic rings. The van der Waals surface area contributed by atoms with Gasteiger partial charge in [0.05, 0.1) is 10.6 Å². The van der Waals surface area contributed by atoms with E-state index in [1.54, 1.807) is 18.2 Å². The van der Waals surface area contributed by atoms with Gasteiger partial charge in [0.15, 0.2) is 0 Å². The first-order chi connectivity index (χ1) is 12.5. The van der Waals surface area contributed by atoms with E-state index in [2.05, 4.69) is 20.2 Å². The minimum Gasteiger partial charge on any atom is -0.370 e. The van der Waals surface area contributed by atoms with Crippen molar-refractivity contribution < 1.29 is 4.79 Å². The minimum atomic E-state index is -0.0708. The first-order valence-corrected chi connectivity index (χ1v) is 9.32. The summed E-state index contributed by atoms with van der Waals surface area (Å²) in [7, 11) is 0. The molecule has 6 nitrogen and oxygen atoms in total. The number of halogens is 2. The molecule has 1 aliphatic heterocycles. The highest BCUT2D eigenvalue weighted by molar-refractivity contribution is 6.36. The predicted octanol–water partition coefficient (Wildman–Crippen LogP) is 3.49. The van der Waals surface area contributed by atoms with Crippen molar-refractivity contribution in [3.63, 3.8) is 0 Å². The first kappa shape index (κ1) is 18.7. The van der Waals surface area contributed by atoms with Crippen LogP contribution in [0.25, 0.3) is 0 Å². The minimum absolute atomic E-state index is 0.0708. The highest BCUT2D eigenvalue weighted by Crippen LogP contribution is 2.24. The van der Waals surface area contributed by atoms with E-state index in [-0.39, 0.29) is 5.91 Å². The van der Waals surface area contributed by atoms with Crippen molar-refractivity contribution in [2.75, 3.05) is 42.9 Å². The number of rotatable bonds is 4. The second-order valence-corrected chi connectivity index (χ2v) is 6.94. The van der Waals surface area contributed by atoms with Crippen LogP contribution in [0.15, 0.2) is 24.3 Å². The molecule has 1 aromatic carbocycles. The molecule has 1 aromatic heterocycles. The number of hydrogen-bond acceptors (Lipinski definition) is 5. The van der Waals surface area contributed by atoms with E-state index < -0.39 is 0 Å². The molecule has 1 amide bonds. The summed E-state index contributed by atoms with van der Waals surface area (Å²) in [5.41, 5.74) is 0.483. The van der Waals surface area contributed by atoms with Crippen LogP contribution in [0.4, 0.5) is 11.6 Å². The molecule has 0 spiro atoms. The quantitative estimate of drug-likeness (QED) is 0.861. The number of piperazine rings is 1. The third kappa shape index (κ3) is 4.19. The van der Waals surface area contributed by atoms with Crippen LogP contribution in [0.5, 0.6) is 0 Å². The van der Waals surface area contributed by atoms with Crippen molar-refractivity contribution in [1.29, 1.82) is 0 Å². The second-order valence-electron chi connectivity index (χ2n) is 6.09. The Bertz CT molecular complexity index is 806. The van der Waals surface area contributed by atoms with Crippen molar-refractivity contribution in [2.45, 2.75) is 13.8 Å². The maximum Gasteiger partial charge on any atom is 0.255 e. The van der Waals surface area contributed by atoms with Crippen LogP contribution in [-0.4, -0.2) is 53.5 Å². The molecule has 3 rings (SSSR count). The molecule has 1 N–H and O–H groups in total. The maximum absolute atomic E-state index is 12.7. The van der Waals surface area contributed by atoms with E-state index in [0.717, 1.165) is 24.0 Å². The summed E-state index contributed by atoms with van der Waals surface area (Å²) in [6.07, 6.45) is 0. The number of carbonyl (C=O) groups excluding carboxylic acids is 1. The molecule has 1 saturated heterocycles. The Labute approximate surface area is 163 Å². The van der Waals surface area contributed by atoms with E-state index >= 15 is 0 Å². The fourth-order valence-electron chi connectivity index (χ4n) is 2.96. The number of hydrogen-bond donors (Lipinski definition) is 1. The van der Waals surface area contributed by atoms with Gasteiger partial charge in [-0.2, -0.15) is 0 Å². The van der Waals surface area contributed by atoms with Gasteiger partial charge in [-0.25, -0.2) is 9.97 Å². The number of benzene rings is 1. The second kappa shape index (κ2) is 8.10. The Morgan fingerprint density at radius 3 is 2.54 bits per heavy atom. The van der Waals surface area contributed by atoms with Gasteiger partial charge in [-0.15, -0.1) is 0 Å². The number of aryl methyl sites for hydroxylation is 1. The molecule has 0 saturated carbocycles. The fourth-order valence-corrected chi connectivity index (χ4v) is 3.45. The van der Waals surface area contributed by atoms with Gasteiger partial charge in [-0.05, 0) is 32.0 Å². The fraction of sp³-hybridized carbons (Fsp3) is 0.389. The van der Waals surface area contributed by atoms with Crippen LogP contribution in [0.1, 0.15) is 23.1 Å². The van der Waals surface area contributed by atoms with E-state index in [1.165, 1.54) is 0 Å². The van der Waals surface area contributed by atoms with E-state index in [1.807, 2.05) is 24.8 Å². The SMILES string of the molecule is CCNc1cc(N2CCN(C(=O)c3ccc(Cl)cc3Cl)CC2)nc(C)n1. The lowest BCUT2D eigenvalue weighted by Crippen LogP contribution is -2.49. The van der Waals surface area contributed by atoms with Gasteiger partial charge in [-0.3, -0.25) is 4.79 Å². The third-order valence-electron chi connectivity index (χ3n) is 4.23. The van der Waals surface area contributed by atoms with Crippen molar-refractivity contribution in [1.82, 2.24) is 14.9 Å². The van der Waals surface area contributed by atoms with Crippen LogP contribution < -0.4 is 10.2 Å². The summed E-state index contributed by atoms with van der Waals surface area (Å²) >= 11 is 12.1. The van der Waals surface area contributed by atoms with E-state index in [0.29, 0.717) is 41.8 Å². The predicted molar refractivity (Wildman–Crippen MR) is 106 cm³/mol. The first-order valence-electron chi connectivity index (χ1n) is 8.56. The summed E-state index contributed by atoms with van der Waals surface area (Å²) in [4.78, 5) is 25.6. The topological polar surface area (TPSA) is 61.4 Å². The van der Waals surface area contributed by atoms with Crippen molar-refractivity contribution >= 4 is 40.7 Å². The summed E-state index contributed by atoms with van der Waals surface area (Å²) in [5.74, 6) is 2.36. The zero-order valence-electron chi connectivity index (χ0n) is 14.8. The lowest BCUT2D eigenvalue weighted by Gasteiger charge is -2.35. The van der Waals surface area contributed by atoms with Gasteiger partial charge in [0, 0.05) is 43.8 Å². The molecule has 2 aromatic rings. The number of aromatic nitrogens is 2. The van der Waals surface area contributed by atoms with Crippen molar-refractivity contribution in [2.24, 2.45) is 0 Å². The zero-order valence-corrected chi connectivity index (χ0v) is 16.3. The molecular formula is C18H21Cl2N5O. The van der Waals surface area contributed by atoms with Crippen LogP contribution in [0.3, 0.4) is 0 Å². The molecule has 8 heteroatoms. The lowest BCUT2D eigenvalue weighted by molar-refractivity contribution is 0.0746. The number of carbonyl (C=O) groups is 1. The molecule has 0 unspecified atom stereocenters. The molecule has 0 bridgehead atoms. The normalized spacial score (nSPS) is 14.5. The molecule has 0 atom stereocenters. The van der Waals surface area contributed by atoms with Crippen LogP contribution in [0, 0.1) is 6.92 Å². The third-order valence-corrected chi connectivity index (χ3v) is 4.78. The number of anilines is 2. The maximum atomic E-state index is 12.7. The Hall–Kier alpha value is -2.05. The van der Waals surface area contributed by atoms with Crippen molar-refractivity contribution in [3.05, 3.63) is 45.7 Å². The Balaban J connectivity index is 1.68. The van der Waals surface area contributed by atoms with E-state index in [4.69, 9.17) is 23.2 Å². The number of nitrogens with one attached hydrogen (secondary N) is 1. The molecule has 26 heavy (non-hydrogen) atoms. The Morgan fingerprint density at radius 1 is 1.15 bits per heavy atom. The van der Waals surface area contributed by atoms with Crippen LogP contribution in [0.2, 0.25) is 10.0 Å². The highest BCUT2D eigenvalue weighted by atomic mass is 35.5. The van der Waals surface area contributed by atoms with Crippen LogP contribution in [-0.2, 0) is 0 Å². The summed E-state index contributed by atoms with van der Waals surface area (Å²) in [6.45, 7) is 7.35. The molecule has 2 heterocycles. The largest absolute Gasteiger partial charge is 0.370 e. The molecule has 0 aliphatic carbocycles. The zero-order chi connectivity index (χ0) is 18.7. The van der Waals surface area contributed by atoms with E-state index in [9.17, 15) is 4.79 Å². The van der Waals surface area contributed by atoms with Gasteiger partial charge in [-0.1, -0.05) is 23.2 Å².